The fraction of sp³-hybridized carbons (Fsp3) is 0.594. The van der Waals surface area contributed by atoms with E-state index in [1.165, 1.54) is 0 Å². The summed E-state index contributed by atoms with van der Waals surface area (Å²) in [4.78, 5) is 21.7. The Morgan fingerprint density at radius 2 is 1.95 bits per heavy atom. The quantitative estimate of drug-likeness (QED) is 0.143. The lowest BCUT2D eigenvalue weighted by atomic mass is 10.1. The molecule has 0 aliphatic carbocycles. The van der Waals surface area contributed by atoms with Gasteiger partial charge in [-0.3, -0.25) is 9.69 Å². The van der Waals surface area contributed by atoms with Crippen LogP contribution < -0.4 is 16.1 Å². The van der Waals surface area contributed by atoms with Crippen LogP contribution in [-0.2, 0) is 25.5 Å². The number of nitrogens with two attached hydrogens (primary N) is 1. The first-order valence-corrected chi connectivity index (χ1v) is 14.6. The number of allylic oxidation sites excluding steroid dienone is 4. The number of amides is 1. The Morgan fingerprint density at radius 3 is 2.61 bits per heavy atom. The molecule has 0 bridgehead atoms. The summed E-state index contributed by atoms with van der Waals surface area (Å²) in [6, 6.07) is 7.92. The molecule has 1 aliphatic heterocycles. The van der Waals surface area contributed by atoms with Gasteiger partial charge in [0.2, 0.25) is 5.91 Å². The number of nitrogens with one attached hydrogen (secondary N) is 1. The second-order valence-electron chi connectivity index (χ2n) is 10.2. The minimum atomic E-state index is -0.234. The normalized spacial score (nSPS) is 16.8. The fourth-order valence-corrected chi connectivity index (χ4v) is 4.31. The Morgan fingerprint density at radius 1 is 1.20 bits per heavy atom. The molecule has 1 aliphatic rings. The molecule has 1 saturated heterocycles. The molecule has 1 heterocycles. The van der Waals surface area contributed by atoms with Gasteiger partial charge in [0.15, 0.2) is 5.75 Å². The fourth-order valence-electron chi connectivity index (χ4n) is 4.31. The molecule has 1 aromatic carbocycles. The van der Waals surface area contributed by atoms with Crippen LogP contribution in [0.5, 0.6) is 5.75 Å². The highest BCUT2D eigenvalue weighted by Crippen LogP contribution is 2.19. The van der Waals surface area contributed by atoms with Crippen molar-refractivity contribution in [2.45, 2.75) is 52.7 Å². The average Bonchev–Trinajstić information content (AvgIpc) is 3.44. The van der Waals surface area contributed by atoms with E-state index >= 15 is 0 Å². The predicted octanol–water partition coefficient (Wildman–Crippen LogP) is 4.31. The summed E-state index contributed by atoms with van der Waals surface area (Å²) in [5, 5.41) is 2.87. The highest BCUT2D eigenvalue weighted by molar-refractivity contribution is 5.81. The molecule has 9 nitrogen and oxygen atoms in total. The SMILES string of the molecule is C=CC(=C)CCCN(C)CCN(CC)Cc1ccccc1ON.CC/C=C(\C)NC(=O)C1COCC1OCCOC. The van der Waals surface area contributed by atoms with Crippen molar-refractivity contribution in [2.75, 3.05) is 66.8 Å². The molecule has 2 atom stereocenters. The smallest absolute Gasteiger partial charge is 0.232 e. The highest BCUT2D eigenvalue weighted by atomic mass is 16.6. The van der Waals surface area contributed by atoms with Crippen molar-refractivity contribution in [3.8, 4) is 5.75 Å². The number of ether oxygens (including phenoxy) is 3. The molecular formula is C32H54N4O5. The predicted molar refractivity (Wildman–Crippen MR) is 166 cm³/mol. The highest BCUT2D eigenvalue weighted by Gasteiger charge is 2.34. The van der Waals surface area contributed by atoms with Crippen LogP contribution in [0.2, 0.25) is 0 Å². The van der Waals surface area contributed by atoms with E-state index in [1.54, 1.807) is 7.11 Å². The van der Waals surface area contributed by atoms with Gasteiger partial charge in [0.25, 0.3) is 0 Å². The van der Waals surface area contributed by atoms with Gasteiger partial charge in [-0.2, -0.15) is 5.90 Å². The molecule has 1 aromatic rings. The van der Waals surface area contributed by atoms with Crippen LogP contribution >= 0.6 is 0 Å². The van der Waals surface area contributed by atoms with Crippen LogP contribution in [0.3, 0.4) is 0 Å². The maximum atomic E-state index is 12.0. The minimum Gasteiger partial charge on any atom is -0.411 e. The molecule has 0 spiro atoms. The number of carbonyl (C=O) groups excluding carboxylic acids is 1. The van der Waals surface area contributed by atoms with Crippen molar-refractivity contribution in [3.63, 3.8) is 0 Å². The van der Waals surface area contributed by atoms with Gasteiger partial charge < -0.3 is 29.3 Å². The molecular weight excluding hydrogens is 520 g/mol. The third-order valence-electron chi connectivity index (χ3n) is 6.88. The lowest BCUT2D eigenvalue weighted by molar-refractivity contribution is -0.127. The Kier molecular flexibility index (Phi) is 19.7. The second-order valence-corrected chi connectivity index (χ2v) is 10.2. The number of para-hydroxylation sites is 1. The van der Waals surface area contributed by atoms with E-state index in [4.69, 9.17) is 24.9 Å². The van der Waals surface area contributed by atoms with Gasteiger partial charge in [0.1, 0.15) is 0 Å². The van der Waals surface area contributed by atoms with E-state index < -0.39 is 0 Å². The maximum Gasteiger partial charge on any atom is 0.232 e. The summed E-state index contributed by atoms with van der Waals surface area (Å²) in [5.41, 5.74) is 3.12. The molecule has 41 heavy (non-hydrogen) atoms. The van der Waals surface area contributed by atoms with E-state index in [9.17, 15) is 4.79 Å². The van der Waals surface area contributed by atoms with E-state index in [0.29, 0.717) is 26.4 Å². The van der Waals surface area contributed by atoms with Gasteiger partial charge in [-0.1, -0.05) is 62.9 Å². The van der Waals surface area contributed by atoms with E-state index in [-0.39, 0.29) is 17.9 Å². The molecule has 2 unspecified atom stereocenters. The van der Waals surface area contributed by atoms with E-state index in [0.717, 1.165) is 74.6 Å². The van der Waals surface area contributed by atoms with E-state index in [1.807, 2.05) is 44.2 Å². The first-order chi connectivity index (χ1) is 19.8. The first kappa shape index (κ1) is 36.5. The third-order valence-corrected chi connectivity index (χ3v) is 6.88. The summed E-state index contributed by atoms with van der Waals surface area (Å²) in [5.74, 6) is 5.83. The summed E-state index contributed by atoms with van der Waals surface area (Å²) in [7, 11) is 3.79. The topological polar surface area (TPSA) is 98.5 Å². The minimum absolute atomic E-state index is 0.0304. The van der Waals surface area contributed by atoms with E-state index in [2.05, 4.69) is 48.3 Å². The second kappa shape index (κ2) is 22.1. The number of hydrogen-bond donors (Lipinski definition) is 2. The van der Waals surface area contributed by atoms with Crippen molar-refractivity contribution in [1.82, 2.24) is 15.1 Å². The lowest BCUT2D eigenvalue weighted by Gasteiger charge is -2.25. The molecule has 1 fully saturated rings. The molecule has 3 N–H and O–H groups in total. The maximum absolute atomic E-state index is 12.0. The molecule has 0 radical (unpaired) electrons. The number of rotatable bonds is 19. The number of methoxy groups -OCH3 is 1. The van der Waals surface area contributed by atoms with Gasteiger partial charge in [-0.05, 0) is 52.4 Å². The molecule has 0 aromatic heterocycles. The number of hydrogen-bond acceptors (Lipinski definition) is 8. The third kappa shape index (κ3) is 15.3. The van der Waals surface area contributed by atoms with Gasteiger partial charge >= 0.3 is 0 Å². The Hall–Kier alpha value is -2.53. The van der Waals surface area contributed by atoms with Crippen LogP contribution in [0.1, 0.15) is 45.6 Å². The van der Waals surface area contributed by atoms with Crippen LogP contribution in [-0.4, -0.2) is 88.6 Å². The van der Waals surface area contributed by atoms with Crippen LogP contribution in [0.15, 0.2) is 60.8 Å². The Labute approximate surface area is 248 Å². The number of nitrogens with zero attached hydrogens (tertiary/aromatic N) is 2. The molecule has 232 valence electrons. The van der Waals surface area contributed by atoms with Crippen molar-refractivity contribution < 1.29 is 23.8 Å². The zero-order chi connectivity index (χ0) is 30.5. The van der Waals surface area contributed by atoms with Gasteiger partial charge in [-0.25, -0.2) is 0 Å². The van der Waals surface area contributed by atoms with Crippen molar-refractivity contribution in [2.24, 2.45) is 11.8 Å². The first-order valence-electron chi connectivity index (χ1n) is 14.6. The van der Waals surface area contributed by atoms with Gasteiger partial charge in [-0.15, -0.1) is 0 Å². The summed E-state index contributed by atoms with van der Waals surface area (Å²) in [6.07, 6.45) is 6.70. The van der Waals surface area contributed by atoms with Gasteiger partial charge in [0, 0.05) is 38.0 Å². The van der Waals surface area contributed by atoms with Crippen LogP contribution in [0.4, 0.5) is 0 Å². The van der Waals surface area contributed by atoms with Crippen molar-refractivity contribution in [3.05, 3.63) is 66.4 Å². The summed E-state index contributed by atoms with van der Waals surface area (Å²) in [6.45, 7) is 20.7. The molecule has 0 saturated carbocycles. The summed E-state index contributed by atoms with van der Waals surface area (Å²) >= 11 is 0. The van der Waals surface area contributed by atoms with Crippen molar-refractivity contribution >= 4 is 5.91 Å². The number of carbonyl (C=O) groups is 1. The molecule has 1 amide bonds. The lowest BCUT2D eigenvalue weighted by Crippen LogP contribution is -2.37. The Bertz CT molecular complexity index is 923. The number of benzene rings is 1. The van der Waals surface area contributed by atoms with Crippen LogP contribution in [0, 0.1) is 5.92 Å². The van der Waals surface area contributed by atoms with Crippen molar-refractivity contribution in [1.29, 1.82) is 0 Å². The largest absolute Gasteiger partial charge is 0.411 e. The molecule has 9 heteroatoms. The number of likely N-dealkylation sites (N-methyl/N-ethyl adjacent to an activating group) is 2. The summed E-state index contributed by atoms with van der Waals surface area (Å²) < 4.78 is 15.8. The average molecular weight is 575 g/mol. The van der Waals surface area contributed by atoms with Gasteiger partial charge in [0.05, 0.1) is 38.4 Å². The zero-order valence-electron chi connectivity index (χ0n) is 26.0. The molecule has 2 rings (SSSR count). The van der Waals surface area contributed by atoms with Crippen LogP contribution in [0.25, 0.3) is 0 Å². The zero-order valence-corrected chi connectivity index (χ0v) is 26.0. The standard InChI is InChI=1S/C19H31N3O.C13H23NO4/c1-5-17(3)10-9-13-21(4)14-15-22(6-2)16-18-11-7-8-12-19(18)23-20;1-4-5-10(2)14-13(15)11-8-17-9-12(11)18-7-6-16-3/h5,7-8,11-12H,1,3,6,9-10,13-16,20H2,2,4H3;5,11-12H,4,6-9H2,1-3H3,(H,14,15)/b;10-5+. The monoisotopic (exact) mass is 574 g/mol. The Balaban J connectivity index is 0.000000422.